The van der Waals surface area contributed by atoms with Gasteiger partial charge in [0.2, 0.25) is 0 Å². The van der Waals surface area contributed by atoms with Crippen LogP contribution in [0, 0.1) is 18.3 Å². The van der Waals surface area contributed by atoms with E-state index in [0.717, 1.165) is 0 Å². The number of nitrogens with zero attached hydrogens (tertiary/aromatic N) is 3. The zero-order valence-corrected chi connectivity index (χ0v) is 10.2. The number of aliphatic hydroxyl groups is 1. The molecule has 0 spiro atoms. The lowest BCUT2D eigenvalue weighted by atomic mass is 10.1. The summed E-state index contributed by atoms with van der Waals surface area (Å²) >= 11 is 0. The first-order valence-corrected chi connectivity index (χ1v) is 5.49. The molecule has 92 valence electrons. The predicted octanol–water partition coefficient (Wildman–Crippen LogP) is 1.04. The molecule has 0 saturated heterocycles. The van der Waals surface area contributed by atoms with Crippen molar-refractivity contribution in [1.29, 1.82) is 5.26 Å². The van der Waals surface area contributed by atoms with E-state index in [9.17, 15) is 9.90 Å². The van der Waals surface area contributed by atoms with Crippen LogP contribution in [0.25, 0.3) is 5.69 Å². The second-order valence-electron chi connectivity index (χ2n) is 4.01. The molecule has 1 atom stereocenters. The first-order valence-electron chi connectivity index (χ1n) is 5.49. The molecule has 1 aromatic heterocycles. The lowest BCUT2D eigenvalue weighted by Crippen LogP contribution is -2.21. The van der Waals surface area contributed by atoms with E-state index in [1.54, 1.807) is 36.9 Å². The minimum Gasteiger partial charge on any atom is -0.374 e. The Balaban J connectivity index is 2.73. The van der Waals surface area contributed by atoms with Gasteiger partial charge < -0.3 is 5.11 Å². The van der Waals surface area contributed by atoms with Crippen molar-refractivity contribution < 1.29 is 5.11 Å². The lowest BCUT2D eigenvalue weighted by Gasteiger charge is -2.07. The molecule has 0 saturated carbocycles. The second-order valence-corrected chi connectivity index (χ2v) is 4.01. The van der Waals surface area contributed by atoms with Gasteiger partial charge in [-0.05, 0) is 19.1 Å². The smallest absolute Gasteiger partial charge is 0.278 e. The third kappa shape index (κ3) is 1.73. The average molecular weight is 243 g/mol. The summed E-state index contributed by atoms with van der Waals surface area (Å²) in [5.41, 5.74) is 1.04. The molecule has 0 aliphatic carbocycles. The molecule has 0 fully saturated rings. The molecule has 0 aliphatic heterocycles. The van der Waals surface area contributed by atoms with Crippen molar-refractivity contribution in [2.45, 2.75) is 13.0 Å². The van der Waals surface area contributed by atoms with E-state index in [2.05, 4.69) is 0 Å². The van der Waals surface area contributed by atoms with Gasteiger partial charge in [-0.2, -0.15) is 5.26 Å². The van der Waals surface area contributed by atoms with Crippen LogP contribution in [0.1, 0.15) is 17.4 Å². The maximum atomic E-state index is 12.2. The van der Waals surface area contributed by atoms with Crippen molar-refractivity contribution in [3.8, 4) is 11.8 Å². The van der Waals surface area contributed by atoms with Crippen LogP contribution in [0.2, 0.25) is 0 Å². The fourth-order valence-corrected chi connectivity index (χ4v) is 1.97. The largest absolute Gasteiger partial charge is 0.374 e. The topological polar surface area (TPSA) is 70.9 Å². The van der Waals surface area contributed by atoms with E-state index in [0.29, 0.717) is 11.4 Å². The highest BCUT2D eigenvalue weighted by Gasteiger charge is 2.21. The third-order valence-corrected chi connectivity index (χ3v) is 2.99. The maximum Gasteiger partial charge on any atom is 0.278 e. The highest BCUT2D eigenvalue weighted by molar-refractivity contribution is 5.35. The standard InChI is InChI=1S/C13H13N3O2/c1-9-12(11(17)8-14)13(18)16(15(9)2)10-6-4-3-5-7-10/h3-7,11,17H,1-2H3. The molecule has 1 heterocycles. The number of aromatic nitrogens is 2. The Morgan fingerprint density at radius 3 is 2.50 bits per heavy atom. The molecule has 2 rings (SSSR count). The Labute approximate surface area is 104 Å². The van der Waals surface area contributed by atoms with Crippen molar-refractivity contribution >= 4 is 0 Å². The number of hydrogen-bond acceptors (Lipinski definition) is 3. The second kappa shape index (κ2) is 4.51. The number of benzene rings is 1. The van der Waals surface area contributed by atoms with Crippen LogP contribution in [0.4, 0.5) is 0 Å². The summed E-state index contributed by atoms with van der Waals surface area (Å²) in [5.74, 6) is 0. The Hall–Kier alpha value is -2.32. The van der Waals surface area contributed by atoms with Gasteiger partial charge in [0.15, 0.2) is 6.10 Å². The molecule has 1 unspecified atom stereocenters. The Bertz CT molecular complexity index is 662. The summed E-state index contributed by atoms with van der Waals surface area (Å²) in [6.07, 6.45) is -1.39. The van der Waals surface area contributed by atoms with Crippen LogP contribution in [0.5, 0.6) is 0 Å². The van der Waals surface area contributed by atoms with Gasteiger partial charge in [-0.3, -0.25) is 9.48 Å². The van der Waals surface area contributed by atoms with Crippen molar-refractivity contribution in [3.63, 3.8) is 0 Å². The summed E-state index contributed by atoms with van der Waals surface area (Å²) in [4.78, 5) is 12.2. The maximum absolute atomic E-state index is 12.2. The monoisotopic (exact) mass is 243 g/mol. The molecule has 0 radical (unpaired) electrons. The zero-order chi connectivity index (χ0) is 13.3. The average Bonchev–Trinajstić information content (AvgIpc) is 2.61. The minimum absolute atomic E-state index is 0.129. The van der Waals surface area contributed by atoms with Crippen LogP contribution >= 0.6 is 0 Å². The van der Waals surface area contributed by atoms with Gasteiger partial charge in [0.05, 0.1) is 17.3 Å². The van der Waals surface area contributed by atoms with E-state index in [1.165, 1.54) is 4.68 Å². The first kappa shape index (κ1) is 12.1. The fraction of sp³-hybridized carbons (Fsp3) is 0.231. The molecule has 5 nitrogen and oxygen atoms in total. The molecule has 1 aromatic carbocycles. The van der Waals surface area contributed by atoms with Gasteiger partial charge in [0, 0.05) is 12.7 Å². The molecule has 1 N–H and O–H groups in total. The van der Waals surface area contributed by atoms with Crippen LogP contribution in [0.3, 0.4) is 0 Å². The summed E-state index contributed by atoms with van der Waals surface area (Å²) in [5, 5.41) is 18.3. The van der Waals surface area contributed by atoms with E-state index in [1.807, 2.05) is 18.2 Å². The molecule has 0 bridgehead atoms. The van der Waals surface area contributed by atoms with Crippen molar-refractivity contribution in [3.05, 3.63) is 51.9 Å². The highest BCUT2D eigenvalue weighted by Crippen LogP contribution is 2.15. The van der Waals surface area contributed by atoms with Gasteiger partial charge >= 0.3 is 0 Å². The molecular formula is C13H13N3O2. The molecule has 5 heteroatoms. The zero-order valence-electron chi connectivity index (χ0n) is 10.2. The van der Waals surface area contributed by atoms with Gasteiger partial charge in [0.1, 0.15) is 0 Å². The number of nitriles is 1. The van der Waals surface area contributed by atoms with Crippen LogP contribution in [0.15, 0.2) is 35.1 Å². The van der Waals surface area contributed by atoms with Crippen molar-refractivity contribution in [2.75, 3.05) is 0 Å². The number of rotatable bonds is 2. The minimum atomic E-state index is -1.39. The van der Waals surface area contributed by atoms with Gasteiger partial charge in [0.25, 0.3) is 5.56 Å². The SMILES string of the molecule is Cc1c(C(O)C#N)c(=O)n(-c2ccccc2)n1C. The third-order valence-electron chi connectivity index (χ3n) is 2.99. The predicted molar refractivity (Wildman–Crippen MR) is 66.3 cm³/mol. The van der Waals surface area contributed by atoms with E-state index >= 15 is 0 Å². The summed E-state index contributed by atoms with van der Waals surface area (Å²) < 4.78 is 3.07. The summed E-state index contributed by atoms with van der Waals surface area (Å²) in [6.45, 7) is 1.71. The molecule has 0 aliphatic rings. The molecular weight excluding hydrogens is 230 g/mol. The Kier molecular flexibility index (Phi) is 3.04. The lowest BCUT2D eigenvalue weighted by molar-refractivity contribution is 0.234. The number of aliphatic hydroxyl groups excluding tert-OH is 1. The molecule has 18 heavy (non-hydrogen) atoms. The first-order chi connectivity index (χ1) is 8.57. The van der Waals surface area contributed by atoms with E-state index in [4.69, 9.17) is 5.26 Å². The molecule has 0 amide bonds. The van der Waals surface area contributed by atoms with Gasteiger partial charge in [-0.1, -0.05) is 18.2 Å². The van der Waals surface area contributed by atoms with Crippen molar-refractivity contribution in [1.82, 2.24) is 9.36 Å². The van der Waals surface area contributed by atoms with Crippen LogP contribution in [-0.4, -0.2) is 14.5 Å². The summed E-state index contributed by atoms with van der Waals surface area (Å²) in [7, 11) is 1.72. The number of hydrogen-bond donors (Lipinski definition) is 1. The van der Waals surface area contributed by atoms with Crippen LogP contribution < -0.4 is 5.56 Å². The van der Waals surface area contributed by atoms with Gasteiger partial charge in [-0.15, -0.1) is 0 Å². The van der Waals surface area contributed by atoms with E-state index in [-0.39, 0.29) is 11.1 Å². The Morgan fingerprint density at radius 1 is 1.33 bits per heavy atom. The molecule has 2 aromatic rings. The fourth-order valence-electron chi connectivity index (χ4n) is 1.97. The quantitative estimate of drug-likeness (QED) is 0.801. The van der Waals surface area contributed by atoms with E-state index < -0.39 is 6.10 Å². The normalized spacial score (nSPS) is 12.1. The number of para-hydroxylation sites is 1. The summed E-state index contributed by atoms with van der Waals surface area (Å²) in [6, 6.07) is 10.8. The van der Waals surface area contributed by atoms with Gasteiger partial charge in [-0.25, -0.2) is 4.68 Å². The highest BCUT2D eigenvalue weighted by atomic mass is 16.3. The van der Waals surface area contributed by atoms with Crippen LogP contribution in [-0.2, 0) is 7.05 Å². The Morgan fingerprint density at radius 2 is 1.94 bits per heavy atom. The van der Waals surface area contributed by atoms with Crippen molar-refractivity contribution in [2.24, 2.45) is 7.05 Å².